The van der Waals surface area contributed by atoms with Gasteiger partial charge in [0.25, 0.3) is 5.91 Å². The monoisotopic (exact) mass is 262 g/mol. The molecule has 1 heterocycles. The van der Waals surface area contributed by atoms with Crippen LogP contribution in [0.4, 0.5) is 0 Å². The quantitative estimate of drug-likeness (QED) is 0.726. The summed E-state index contributed by atoms with van der Waals surface area (Å²) in [5.41, 5.74) is 0.917. The second-order valence-electron chi connectivity index (χ2n) is 3.98. The standard InChI is InChI=1S/C13H14N2O4/c16-7-10(8-17)14-13(18)11-6-12(19-15-11)9-4-2-1-3-5-9/h1-6,10,16-17H,7-8H2,(H,14,18). The van der Waals surface area contributed by atoms with Crippen molar-refractivity contribution in [1.29, 1.82) is 0 Å². The highest BCUT2D eigenvalue weighted by Gasteiger charge is 2.16. The van der Waals surface area contributed by atoms with Crippen molar-refractivity contribution in [3.8, 4) is 11.3 Å². The molecule has 0 aliphatic heterocycles. The van der Waals surface area contributed by atoms with E-state index in [1.807, 2.05) is 30.3 Å². The normalized spacial score (nSPS) is 10.7. The van der Waals surface area contributed by atoms with E-state index < -0.39 is 11.9 Å². The van der Waals surface area contributed by atoms with Crippen LogP contribution in [0.3, 0.4) is 0 Å². The summed E-state index contributed by atoms with van der Waals surface area (Å²) >= 11 is 0. The van der Waals surface area contributed by atoms with Crippen LogP contribution in [0.1, 0.15) is 10.5 Å². The van der Waals surface area contributed by atoms with E-state index in [0.717, 1.165) is 5.56 Å². The lowest BCUT2D eigenvalue weighted by atomic mass is 10.1. The molecule has 0 saturated carbocycles. The molecule has 0 bridgehead atoms. The van der Waals surface area contributed by atoms with E-state index in [-0.39, 0.29) is 18.9 Å². The Kier molecular flexibility index (Phi) is 4.27. The first-order chi connectivity index (χ1) is 9.24. The van der Waals surface area contributed by atoms with Gasteiger partial charge in [-0.05, 0) is 0 Å². The molecule has 19 heavy (non-hydrogen) atoms. The molecule has 2 rings (SSSR count). The molecule has 1 aromatic heterocycles. The molecule has 0 aliphatic carbocycles. The van der Waals surface area contributed by atoms with E-state index in [1.54, 1.807) is 0 Å². The average molecular weight is 262 g/mol. The van der Waals surface area contributed by atoms with Gasteiger partial charge in [0.15, 0.2) is 11.5 Å². The van der Waals surface area contributed by atoms with Crippen LogP contribution in [0, 0.1) is 0 Å². The summed E-state index contributed by atoms with van der Waals surface area (Å²) in [5, 5.41) is 23.9. The van der Waals surface area contributed by atoms with Crippen LogP contribution in [0.15, 0.2) is 40.9 Å². The van der Waals surface area contributed by atoms with Crippen molar-refractivity contribution in [2.24, 2.45) is 0 Å². The molecule has 0 saturated heterocycles. The number of amides is 1. The number of benzene rings is 1. The fourth-order valence-corrected chi connectivity index (χ4v) is 1.53. The summed E-state index contributed by atoms with van der Waals surface area (Å²) in [6, 6.07) is 10.1. The van der Waals surface area contributed by atoms with E-state index in [0.29, 0.717) is 5.76 Å². The molecule has 2 aromatic rings. The van der Waals surface area contributed by atoms with Gasteiger partial charge in [0.05, 0.1) is 19.3 Å². The molecule has 6 nitrogen and oxygen atoms in total. The lowest BCUT2D eigenvalue weighted by Crippen LogP contribution is -2.40. The third-order valence-corrected chi connectivity index (χ3v) is 2.58. The van der Waals surface area contributed by atoms with Gasteiger partial charge < -0.3 is 20.1 Å². The molecule has 100 valence electrons. The van der Waals surface area contributed by atoms with Crippen LogP contribution in [0.2, 0.25) is 0 Å². The summed E-state index contributed by atoms with van der Waals surface area (Å²) in [7, 11) is 0. The predicted molar refractivity (Wildman–Crippen MR) is 67.4 cm³/mol. The SMILES string of the molecule is O=C(NC(CO)CO)c1cc(-c2ccccc2)on1. The van der Waals surface area contributed by atoms with Crippen LogP contribution in [-0.4, -0.2) is 40.5 Å². The number of carbonyl (C=O) groups excluding carboxylic acids is 1. The second kappa shape index (κ2) is 6.12. The summed E-state index contributed by atoms with van der Waals surface area (Å²) in [5.74, 6) is -0.0191. The van der Waals surface area contributed by atoms with E-state index in [4.69, 9.17) is 14.7 Å². The molecule has 0 spiro atoms. The number of carbonyl (C=O) groups is 1. The van der Waals surface area contributed by atoms with Crippen molar-refractivity contribution < 1.29 is 19.5 Å². The van der Waals surface area contributed by atoms with Crippen molar-refractivity contribution in [2.75, 3.05) is 13.2 Å². The maximum Gasteiger partial charge on any atom is 0.273 e. The molecule has 0 aliphatic rings. The van der Waals surface area contributed by atoms with Crippen molar-refractivity contribution in [3.63, 3.8) is 0 Å². The molecule has 0 radical (unpaired) electrons. The lowest BCUT2D eigenvalue weighted by Gasteiger charge is -2.11. The summed E-state index contributed by atoms with van der Waals surface area (Å²) in [6.45, 7) is -0.683. The van der Waals surface area contributed by atoms with Crippen molar-refractivity contribution in [1.82, 2.24) is 10.5 Å². The van der Waals surface area contributed by atoms with Crippen molar-refractivity contribution in [2.45, 2.75) is 6.04 Å². The van der Waals surface area contributed by atoms with Gasteiger partial charge in [-0.2, -0.15) is 0 Å². The Labute approximate surface area is 109 Å². The first kappa shape index (κ1) is 13.3. The Balaban J connectivity index is 2.11. The van der Waals surface area contributed by atoms with Gasteiger partial charge in [-0.1, -0.05) is 35.5 Å². The predicted octanol–water partition coefficient (Wildman–Crippen LogP) is 0.425. The third kappa shape index (κ3) is 3.18. The number of aromatic nitrogens is 1. The Bertz CT molecular complexity index is 535. The van der Waals surface area contributed by atoms with Crippen LogP contribution >= 0.6 is 0 Å². The van der Waals surface area contributed by atoms with E-state index in [1.165, 1.54) is 6.07 Å². The first-order valence-corrected chi connectivity index (χ1v) is 5.79. The van der Waals surface area contributed by atoms with Gasteiger partial charge in [0.2, 0.25) is 0 Å². The number of nitrogens with one attached hydrogen (secondary N) is 1. The zero-order valence-corrected chi connectivity index (χ0v) is 10.1. The molecular weight excluding hydrogens is 248 g/mol. The molecule has 0 atom stereocenters. The number of aliphatic hydroxyl groups excluding tert-OH is 2. The summed E-state index contributed by atoms with van der Waals surface area (Å²) in [6.07, 6.45) is 0. The topological polar surface area (TPSA) is 95.6 Å². The minimum absolute atomic E-state index is 0.103. The van der Waals surface area contributed by atoms with E-state index in [2.05, 4.69) is 10.5 Å². The Morgan fingerprint density at radius 1 is 1.26 bits per heavy atom. The molecule has 1 aromatic carbocycles. The molecule has 1 amide bonds. The highest BCUT2D eigenvalue weighted by atomic mass is 16.5. The van der Waals surface area contributed by atoms with E-state index >= 15 is 0 Å². The van der Waals surface area contributed by atoms with Crippen LogP contribution in [0.25, 0.3) is 11.3 Å². The molecule has 6 heteroatoms. The summed E-state index contributed by atoms with van der Waals surface area (Å²) < 4.78 is 5.08. The molecular formula is C13H14N2O4. The zero-order valence-electron chi connectivity index (χ0n) is 10.1. The Hall–Kier alpha value is -2.18. The highest BCUT2D eigenvalue weighted by Crippen LogP contribution is 2.19. The zero-order chi connectivity index (χ0) is 13.7. The second-order valence-corrected chi connectivity index (χ2v) is 3.98. The van der Waals surface area contributed by atoms with E-state index in [9.17, 15) is 4.79 Å². The van der Waals surface area contributed by atoms with Gasteiger partial charge in [-0.25, -0.2) is 0 Å². The van der Waals surface area contributed by atoms with Crippen molar-refractivity contribution in [3.05, 3.63) is 42.1 Å². The maximum absolute atomic E-state index is 11.8. The number of hydrogen-bond donors (Lipinski definition) is 3. The fourth-order valence-electron chi connectivity index (χ4n) is 1.53. The minimum atomic E-state index is -0.704. The number of aliphatic hydroxyl groups is 2. The first-order valence-electron chi connectivity index (χ1n) is 5.79. The molecule has 3 N–H and O–H groups in total. The van der Waals surface area contributed by atoms with Gasteiger partial charge in [0, 0.05) is 11.6 Å². The van der Waals surface area contributed by atoms with Gasteiger partial charge in [-0.15, -0.1) is 0 Å². The van der Waals surface area contributed by atoms with Crippen LogP contribution in [-0.2, 0) is 0 Å². The smallest absolute Gasteiger partial charge is 0.273 e. The Morgan fingerprint density at radius 3 is 2.58 bits per heavy atom. The van der Waals surface area contributed by atoms with Crippen LogP contribution in [0.5, 0.6) is 0 Å². The van der Waals surface area contributed by atoms with Crippen molar-refractivity contribution >= 4 is 5.91 Å². The molecule has 0 fully saturated rings. The van der Waals surface area contributed by atoms with Gasteiger partial charge in [0.1, 0.15) is 0 Å². The number of hydrogen-bond acceptors (Lipinski definition) is 5. The minimum Gasteiger partial charge on any atom is -0.394 e. The largest absolute Gasteiger partial charge is 0.394 e. The average Bonchev–Trinajstić information content (AvgIpc) is 2.95. The summed E-state index contributed by atoms with van der Waals surface area (Å²) in [4.78, 5) is 11.8. The van der Waals surface area contributed by atoms with Crippen LogP contribution < -0.4 is 5.32 Å². The number of nitrogens with zero attached hydrogens (tertiary/aromatic N) is 1. The number of rotatable bonds is 5. The molecule has 0 unspecified atom stereocenters. The highest BCUT2D eigenvalue weighted by molar-refractivity contribution is 5.93. The lowest BCUT2D eigenvalue weighted by molar-refractivity contribution is 0.0870. The maximum atomic E-state index is 11.8. The third-order valence-electron chi connectivity index (χ3n) is 2.58. The fraction of sp³-hybridized carbons (Fsp3) is 0.231. The Morgan fingerprint density at radius 2 is 1.95 bits per heavy atom. The van der Waals surface area contributed by atoms with Gasteiger partial charge >= 0.3 is 0 Å². The van der Waals surface area contributed by atoms with Gasteiger partial charge in [-0.3, -0.25) is 4.79 Å².